The number of nitrogens with zero attached hydrogens (tertiary/aromatic N) is 1. The van der Waals surface area contributed by atoms with Crippen LogP contribution in [0.5, 0.6) is 0 Å². The van der Waals surface area contributed by atoms with Gasteiger partial charge in [-0.1, -0.05) is 24.9 Å². The molecule has 1 aromatic heterocycles. The third-order valence-corrected chi connectivity index (χ3v) is 2.33. The first-order valence-corrected chi connectivity index (χ1v) is 5.13. The first-order chi connectivity index (χ1) is 5.77. The molecule has 1 N–H and O–H groups in total. The zero-order valence-electron chi connectivity index (χ0n) is 7.10. The molecule has 2 nitrogen and oxygen atoms in total. The van der Waals surface area contributed by atoms with Gasteiger partial charge in [0.15, 0.2) is 5.15 Å². The molecule has 0 aliphatic rings. The third-order valence-electron chi connectivity index (χ3n) is 1.70. The standard InChI is InChI=1S/C8H13ClN2S/c1-2-3-4-7-10-6(5-12)8(9)11-7/h12H,2-5H2,1H3,(H,10,11). The number of rotatable bonds is 4. The van der Waals surface area contributed by atoms with Crippen LogP contribution in [-0.2, 0) is 12.2 Å². The van der Waals surface area contributed by atoms with Gasteiger partial charge in [-0.05, 0) is 6.42 Å². The van der Waals surface area contributed by atoms with E-state index >= 15 is 0 Å². The molecule has 0 aliphatic heterocycles. The number of thiol groups is 1. The summed E-state index contributed by atoms with van der Waals surface area (Å²) >= 11 is 9.96. The molecule has 12 heavy (non-hydrogen) atoms. The maximum absolute atomic E-state index is 5.83. The fourth-order valence-corrected chi connectivity index (χ4v) is 1.55. The predicted molar refractivity (Wildman–Crippen MR) is 54.9 cm³/mol. The van der Waals surface area contributed by atoms with E-state index in [0.717, 1.165) is 24.4 Å². The van der Waals surface area contributed by atoms with Crippen LogP contribution in [0, 0.1) is 0 Å². The van der Waals surface area contributed by atoms with Crippen molar-refractivity contribution in [2.75, 3.05) is 0 Å². The Balaban J connectivity index is 2.62. The summed E-state index contributed by atoms with van der Waals surface area (Å²) in [4.78, 5) is 7.33. The zero-order chi connectivity index (χ0) is 8.97. The van der Waals surface area contributed by atoms with Gasteiger partial charge >= 0.3 is 0 Å². The number of nitrogens with one attached hydrogen (secondary N) is 1. The van der Waals surface area contributed by atoms with E-state index in [9.17, 15) is 0 Å². The number of H-pyrrole nitrogens is 1. The van der Waals surface area contributed by atoms with Crippen molar-refractivity contribution in [1.82, 2.24) is 9.97 Å². The lowest BCUT2D eigenvalue weighted by molar-refractivity contribution is 0.761. The van der Waals surface area contributed by atoms with Gasteiger partial charge in [0.05, 0.1) is 5.69 Å². The van der Waals surface area contributed by atoms with Crippen LogP contribution >= 0.6 is 24.2 Å². The second-order valence-electron chi connectivity index (χ2n) is 2.71. The van der Waals surface area contributed by atoms with Crippen LogP contribution in [0.4, 0.5) is 0 Å². The SMILES string of the molecule is CCCCc1nc(Cl)c(CS)[nH]1. The van der Waals surface area contributed by atoms with Gasteiger partial charge in [0.2, 0.25) is 0 Å². The summed E-state index contributed by atoms with van der Waals surface area (Å²) in [7, 11) is 0. The molecule has 1 heterocycles. The highest BCUT2D eigenvalue weighted by atomic mass is 35.5. The Morgan fingerprint density at radius 1 is 1.58 bits per heavy atom. The summed E-state index contributed by atoms with van der Waals surface area (Å²) in [5, 5.41) is 0.566. The number of unbranched alkanes of at least 4 members (excludes halogenated alkanes) is 1. The van der Waals surface area contributed by atoms with Gasteiger partial charge in [0, 0.05) is 12.2 Å². The van der Waals surface area contributed by atoms with Crippen molar-refractivity contribution >= 4 is 24.2 Å². The monoisotopic (exact) mass is 204 g/mol. The number of aromatic nitrogens is 2. The van der Waals surface area contributed by atoms with Crippen LogP contribution in [0.3, 0.4) is 0 Å². The van der Waals surface area contributed by atoms with Crippen molar-refractivity contribution in [1.29, 1.82) is 0 Å². The van der Waals surface area contributed by atoms with Gasteiger partial charge in [-0.3, -0.25) is 0 Å². The molecule has 1 aromatic rings. The highest BCUT2D eigenvalue weighted by Gasteiger charge is 2.05. The molecule has 0 aliphatic carbocycles. The molecule has 0 bridgehead atoms. The third kappa shape index (κ3) is 2.42. The fraction of sp³-hybridized carbons (Fsp3) is 0.625. The number of imidazole rings is 1. The molecule has 4 heteroatoms. The fourth-order valence-electron chi connectivity index (χ4n) is 1.01. The summed E-state index contributed by atoms with van der Waals surface area (Å²) in [5.74, 6) is 1.60. The number of hydrogen-bond donors (Lipinski definition) is 2. The highest BCUT2D eigenvalue weighted by molar-refractivity contribution is 7.79. The number of halogens is 1. The van der Waals surface area contributed by atoms with Gasteiger partial charge in [0.1, 0.15) is 5.82 Å². The number of hydrogen-bond acceptors (Lipinski definition) is 2. The van der Waals surface area contributed by atoms with E-state index in [4.69, 9.17) is 11.6 Å². The summed E-state index contributed by atoms with van der Waals surface area (Å²) in [6.07, 6.45) is 3.30. The van der Waals surface area contributed by atoms with Gasteiger partial charge in [0.25, 0.3) is 0 Å². The van der Waals surface area contributed by atoms with Crippen LogP contribution in [-0.4, -0.2) is 9.97 Å². The molecule has 0 saturated carbocycles. The first-order valence-electron chi connectivity index (χ1n) is 4.12. The van der Waals surface area contributed by atoms with E-state index in [1.54, 1.807) is 0 Å². The normalized spacial score (nSPS) is 10.6. The minimum atomic E-state index is 0.566. The zero-order valence-corrected chi connectivity index (χ0v) is 8.75. The molecule has 0 fully saturated rings. The molecule has 0 radical (unpaired) electrons. The van der Waals surface area contributed by atoms with Gasteiger partial charge in [-0.2, -0.15) is 12.6 Å². The Bertz CT molecular complexity index is 247. The van der Waals surface area contributed by atoms with E-state index < -0.39 is 0 Å². The summed E-state index contributed by atoms with van der Waals surface area (Å²) < 4.78 is 0. The minimum absolute atomic E-state index is 0.566. The predicted octanol–water partition coefficient (Wildman–Crippen LogP) is 2.84. The van der Waals surface area contributed by atoms with E-state index in [1.165, 1.54) is 6.42 Å². The van der Waals surface area contributed by atoms with Gasteiger partial charge < -0.3 is 4.98 Å². The van der Waals surface area contributed by atoms with E-state index in [2.05, 4.69) is 29.5 Å². The summed E-state index contributed by atoms with van der Waals surface area (Å²) in [6.45, 7) is 2.16. The van der Waals surface area contributed by atoms with Crippen molar-refractivity contribution in [2.24, 2.45) is 0 Å². The van der Waals surface area contributed by atoms with Crippen LogP contribution in [0.2, 0.25) is 5.15 Å². The topological polar surface area (TPSA) is 28.7 Å². The maximum atomic E-state index is 5.83. The Labute approximate surface area is 83.1 Å². The van der Waals surface area contributed by atoms with Crippen LogP contribution in [0.25, 0.3) is 0 Å². The van der Waals surface area contributed by atoms with Crippen LogP contribution < -0.4 is 0 Å². The molecule has 68 valence electrons. The molecule has 0 amide bonds. The first kappa shape index (κ1) is 9.93. The van der Waals surface area contributed by atoms with Crippen molar-refractivity contribution < 1.29 is 0 Å². The quantitative estimate of drug-likeness (QED) is 0.726. The molecule has 1 rings (SSSR count). The molecular weight excluding hydrogens is 192 g/mol. The molecule has 0 aromatic carbocycles. The molecule has 0 unspecified atom stereocenters. The smallest absolute Gasteiger partial charge is 0.151 e. The lowest BCUT2D eigenvalue weighted by atomic mass is 10.2. The average Bonchev–Trinajstić information content (AvgIpc) is 2.43. The second-order valence-corrected chi connectivity index (χ2v) is 3.39. The van der Waals surface area contributed by atoms with E-state index in [-0.39, 0.29) is 0 Å². The Hall–Kier alpha value is -0.150. The number of aryl methyl sites for hydroxylation is 1. The van der Waals surface area contributed by atoms with Crippen molar-refractivity contribution in [3.05, 3.63) is 16.7 Å². The molecule has 0 spiro atoms. The Kier molecular flexibility index (Phi) is 3.95. The maximum Gasteiger partial charge on any atom is 0.151 e. The van der Waals surface area contributed by atoms with E-state index in [1.807, 2.05) is 0 Å². The van der Waals surface area contributed by atoms with Crippen molar-refractivity contribution in [2.45, 2.75) is 31.9 Å². The largest absolute Gasteiger partial charge is 0.344 e. The molecular formula is C8H13ClN2S. The average molecular weight is 205 g/mol. The lowest BCUT2D eigenvalue weighted by Crippen LogP contribution is -1.87. The highest BCUT2D eigenvalue weighted by Crippen LogP contribution is 2.15. The van der Waals surface area contributed by atoms with Gasteiger partial charge in [-0.15, -0.1) is 0 Å². The summed E-state index contributed by atoms with van der Waals surface area (Å²) in [6, 6.07) is 0. The minimum Gasteiger partial charge on any atom is -0.344 e. The van der Waals surface area contributed by atoms with Crippen molar-refractivity contribution in [3.8, 4) is 0 Å². The summed E-state index contributed by atoms with van der Waals surface area (Å²) in [5.41, 5.74) is 0.922. The Morgan fingerprint density at radius 3 is 2.83 bits per heavy atom. The lowest BCUT2D eigenvalue weighted by Gasteiger charge is -1.91. The Morgan fingerprint density at radius 2 is 2.33 bits per heavy atom. The van der Waals surface area contributed by atoms with Crippen LogP contribution in [0.1, 0.15) is 31.3 Å². The van der Waals surface area contributed by atoms with E-state index in [0.29, 0.717) is 10.9 Å². The van der Waals surface area contributed by atoms with Crippen molar-refractivity contribution in [3.63, 3.8) is 0 Å². The van der Waals surface area contributed by atoms with Gasteiger partial charge in [-0.25, -0.2) is 4.98 Å². The molecule has 0 atom stereocenters. The number of aromatic amines is 1. The van der Waals surface area contributed by atoms with Crippen LogP contribution in [0.15, 0.2) is 0 Å². The molecule has 0 saturated heterocycles. The second kappa shape index (κ2) is 4.77.